The lowest BCUT2D eigenvalue weighted by molar-refractivity contribution is 0.0526. The number of halogens is 1. The maximum atomic E-state index is 12.2. The highest BCUT2D eigenvalue weighted by Crippen LogP contribution is 2.29. The molecule has 0 amide bonds. The van der Waals surface area contributed by atoms with Gasteiger partial charge in [0.15, 0.2) is 4.21 Å². The molecule has 0 bridgehead atoms. The summed E-state index contributed by atoms with van der Waals surface area (Å²) in [7, 11) is -3.64. The summed E-state index contributed by atoms with van der Waals surface area (Å²) in [6.07, 6.45) is 0. The van der Waals surface area contributed by atoms with Crippen LogP contribution in [0, 0.1) is 0 Å². The van der Waals surface area contributed by atoms with E-state index in [2.05, 4.69) is 20.7 Å². The fraction of sp³-hybridized carbons (Fsp3) is 0.154. The second-order valence-corrected chi connectivity index (χ2v) is 7.61. The van der Waals surface area contributed by atoms with Crippen LogP contribution in [0.4, 0.5) is 5.69 Å². The lowest BCUT2D eigenvalue weighted by Gasteiger charge is -2.07. The zero-order valence-electron chi connectivity index (χ0n) is 11.0. The Morgan fingerprint density at radius 2 is 1.95 bits per heavy atom. The standard InChI is InChI=1S/C13H12BrNO4S2/c1-2-19-12(16)9-3-5-10(6-4-9)15-21(17,18)13-11(14)7-8-20-13/h3-8,15H,2H2,1H3. The van der Waals surface area contributed by atoms with Gasteiger partial charge in [0.25, 0.3) is 10.0 Å². The molecule has 0 aliphatic carbocycles. The van der Waals surface area contributed by atoms with Crippen LogP contribution in [0.15, 0.2) is 44.4 Å². The van der Waals surface area contributed by atoms with Crippen molar-refractivity contribution >= 4 is 48.9 Å². The number of esters is 1. The van der Waals surface area contributed by atoms with Crippen molar-refractivity contribution in [3.63, 3.8) is 0 Å². The molecule has 1 N–H and O–H groups in total. The largest absolute Gasteiger partial charge is 0.462 e. The van der Waals surface area contributed by atoms with Crippen molar-refractivity contribution in [3.8, 4) is 0 Å². The fourth-order valence-corrected chi connectivity index (χ4v) is 4.96. The van der Waals surface area contributed by atoms with Gasteiger partial charge in [-0.25, -0.2) is 13.2 Å². The van der Waals surface area contributed by atoms with Gasteiger partial charge >= 0.3 is 5.97 Å². The molecule has 112 valence electrons. The van der Waals surface area contributed by atoms with Crippen LogP contribution in [0.1, 0.15) is 17.3 Å². The number of carbonyl (C=O) groups excluding carboxylic acids is 1. The number of rotatable bonds is 5. The van der Waals surface area contributed by atoms with E-state index in [1.165, 1.54) is 24.3 Å². The van der Waals surface area contributed by atoms with E-state index in [1.54, 1.807) is 18.4 Å². The van der Waals surface area contributed by atoms with E-state index >= 15 is 0 Å². The van der Waals surface area contributed by atoms with Crippen molar-refractivity contribution in [1.29, 1.82) is 0 Å². The van der Waals surface area contributed by atoms with E-state index in [4.69, 9.17) is 4.74 Å². The Morgan fingerprint density at radius 1 is 1.29 bits per heavy atom. The zero-order valence-corrected chi connectivity index (χ0v) is 14.2. The minimum absolute atomic E-state index is 0.206. The highest BCUT2D eigenvalue weighted by Gasteiger charge is 2.19. The predicted octanol–water partition coefficient (Wildman–Crippen LogP) is 3.49. The summed E-state index contributed by atoms with van der Waals surface area (Å²) in [6.45, 7) is 2.01. The molecule has 0 saturated heterocycles. The van der Waals surface area contributed by atoms with Crippen LogP contribution in [0.3, 0.4) is 0 Å². The van der Waals surface area contributed by atoms with Crippen LogP contribution < -0.4 is 4.72 Å². The first-order valence-corrected chi connectivity index (χ1v) is 9.12. The number of hydrogen-bond donors (Lipinski definition) is 1. The monoisotopic (exact) mass is 389 g/mol. The third-order valence-corrected chi connectivity index (χ3v) is 6.53. The summed E-state index contributed by atoms with van der Waals surface area (Å²) in [5, 5.41) is 1.68. The van der Waals surface area contributed by atoms with Crippen molar-refractivity contribution in [2.45, 2.75) is 11.1 Å². The van der Waals surface area contributed by atoms with Gasteiger partial charge in [0.2, 0.25) is 0 Å². The molecule has 21 heavy (non-hydrogen) atoms. The molecule has 8 heteroatoms. The second-order valence-electron chi connectivity index (χ2n) is 3.96. The van der Waals surface area contributed by atoms with Crippen molar-refractivity contribution < 1.29 is 17.9 Å². The van der Waals surface area contributed by atoms with Gasteiger partial charge < -0.3 is 4.74 Å². The minimum atomic E-state index is -3.64. The molecule has 0 radical (unpaired) electrons. The summed E-state index contributed by atoms with van der Waals surface area (Å²) >= 11 is 4.31. The first kappa shape index (κ1) is 16.0. The van der Waals surface area contributed by atoms with E-state index in [-0.39, 0.29) is 4.21 Å². The molecule has 1 heterocycles. The van der Waals surface area contributed by atoms with E-state index < -0.39 is 16.0 Å². The van der Waals surface area contributed by atoms with Gasteiger partial charge in [-0.15, -0.1) is 11.3 Å². The quantitative estimate of drug-likeness (QED) is 0.794. The minimum Gasteiger partial charge on any atom is -0.462 e. The highest BCUT2D eigenvalue weighted by atomic mass is 79.9. The average molecular weight is 390 g/mol. The molecular weight excluding hydrogens is 378 g/mol. The van der Waals surface area contributed by atoms with Crippen LogP contribution in [0.5, 0.6) is 0 Å². The number of nitrogens with one attached hydrogen (secondary N) is 1. The predicted molar refractivity (Wildman–Crippen MR) is 85.2 cm³/mol. The Hall–Kier alpha value is -1.38. The van der Waals surface area contributed by atoms with E-state index in [9.17, 15) is 13.2 Å². The van der Waals surface area contributed by atoms with Crippen LogP contribution in [0.25, 0.3) is 0 Å². The smallest absolute Gasteiger partial charge is 0.338 e. The van der Waals surface area contributed by atoms with Crippen LogP contribution in [-0.4, -0.2) is 21.0 Å². The molecule has 0 atom stereocenters. The summed E-state index contributed by atoms with van der Waals surface area (Å²) < 4.78 is 32.4. The lowest BCUT2D eigenvalue weighted by atomic mass is 10.2. The van der Waals surface area contributed by atoms with Gasteiger partial charge in [-0.1, -0.05) is 0 Å². The van der Waals surface area contributed by atoms with Gasteiger partial charge in [-0.2, -0.15) is 0 Å². The maximum Gasteiger partial charge on any atom is 0.338 e. The van der Waals surface area contributed by atoms with Gasteiger partial charge in [0, 0.05) is 10.2 Å². The SMILES string of the molecule is CCOC(=O)c1ccc(NS(=O)(=O)c2sccc2Br)cc1. The van der Waals surface area contributed by atoms with E-state index in [0.717, 1.165) is 11.3 Å². The molecule has 0 spiro atoms. The second kappa shape index (κ2) is 6.59. The molecule has 0 aliphatic heterocycles. The van der Waals surface area contributed by atoms with Gasteiger partial charge in [0.05, 0.1) is 12.2 Å². The van der Waals surface area contributed by atoms with Crippen LogP contribution >= 0.6 is 27.3 Å². The summed E-state index contributed by atoms with van der Waals surface area (Å²) in [6, 6.07) is 7.73. The number of sulfonamides is 1. The Bertz CT molecular complexity index is 738. The summed E-state index contributed by atoms with van der Waals surface area (Å²) in [4.78, 5) is 11.5. The molecule has 0 aliphatic rings. The Kier molecular flexibility index (Phi) is 5.02. The van der Waals surface area contributed by atoms with Crippen molar-refractivity contribution in [2.75, 3.05) is 11.3 Å². The Labute approximate surface area is 135 Å². The van der Waals surface area contributed by atoms with Gasteiger partial charge in [0.1, 0.15) is 0 Å². The van der Waals surface area contributed by atoms with Gasteiger partial charge in [-0.3, -0.25) is 4.72 Å². The first-order valence-electron chi connectivity index (χ1n) is 5.97. The third-order valence-electron chi connectivity index (χ3n) is 2.48. The van der Waals surface area contributed by atoms with Crippen LogP contribution in [0.2, 0.25) is 0 Å². The third kappa shape index (κ3) is 3.84. The molecular formula is C13H12BrNO4S2. The first-order chi connectivity index (χ1) is 9.94. The topological polar surface area (TPSA) is 72.5 Å². The summed E-state index contributed by atoms with van der Waals surface area (Å²) in [5.74, 6) is -0.437. The van der Waals surface area contributed by atoms with Crippen molar-refractivity contribution in [1.82, 2.24) is 0 Å². The molecule has 1 aromatic heterocycles. The highest BCUT2D eigenvalue weighted by molar-refractivity contribution is 9.10. The molecule has 0 fully saturated rings. The average Bonchev–Trinajstić information content (AvgIpc) is 2.86. The Balaban J connectivity index is 2.17. The van der Waals surface area contributed by atoms with Crippen LogP contribution in [-0.2, 0) is 14.8 Å². The molecule has 5 nitrogen and oxygen atoms in total. The molecule has 2 rings (SSSR count). The molecule has 2 aromatic rings. The molecule has 1 aromatic carbocycles. The van der Waals surface area contributed by atoms with E-state index in [1.807, 2.05) is 0 Å². The fourth-order valence-electron chi connectivity index (χ4n) is 1.56. The molecule has 0 saturated carbocycles. The van der Waals surface area contributed by atoms with Crippen molar-refractivity contribution in [3.05, 3.63) is 45.7 Å². The molecule has 0 unspecified atom stereocenters. The number of benzene rings is 1. The summed E-state index contributed by atoms with van der Waals surface area (Å²) in [5.41, 5.74) is 0.750. The maximum absolute atomic E-state index is 12.2. The lowest BCUT2D eigenvalue weighted by Crippen LogP contribution is -2.12. The number of thiophene rings is 1. The van der Waals surface area contributed by atoms with E-state index in [0.29, 0.717) is 22.3 Å². The zero-order chi connectivity index (χ0) is 15.5. The number of hydrogen-bond acceptors (Lipinski definition) is 5. The van der Waals surface area contributed by atoms with Crippen molar-refractivity contribution in [2.24, 2.45) is 0 Å². The Morgan fingerprint density at radius 3 is 2.48 bits per heavy atom. The normalized spacial score (nSPS) is 11.1. The number of carbonyl (C=O) groups is 1. The number of anilines is 1. The van der Waals surface area contributed by atoms with Gasteiger partial charge in [-0.05, 0) is 58.6 Å². The number of ether oxygens (including phenoxy) is 1.